The van der Waals surface area contributed by atoms with Crippen LogP contribution in [-0.4, -0.2) is 38.6 Å². The molecule has 1 aromatic carbocycles. The zero-order valence-corrected chi connectivity index (χ0v) is 11.8. The van der Waals surface area contributed by atoms with Crippen molar-refractivity contribution in [2.75, 3.05) is 31.2 Å². The molecular formula is C15H20F2N2O2. The van der Waals surface area contributed by atoms with Crippen LogP contribution in [0.4, 0.5) is 14.5 Å². The molecule has 0 aromatic heterocycles. The summed E-state index contributed by atoms with van der Waals surface area (Å²) in [5, 5.41) is 0. The molecule has 0 saturated heterocycles. The van der Waals surface area contributed by atoms with Crippen molar-refractivity contribution in [2.45, 2.75) is 25.2 Å². The van der Waals surface area contributed by atoms with Crippen LogP contribution in [0, 0.1) is 0 Å². The first-order chi connectivity index (χ1) is 10.1. The summed E-state index contributed by atoms with van der Waals surface area (Å²) in [6, 6.07) is 7.75. The SMILES string of the molecule is NCCC1CN(C(=O)CCOCC(F)F)c2ccccc21. The molecule has 4 nitrogen and oxygen atoms in total. The molecule has 21 heavy (non-hydrogen) atoms. The number of ether oxygens (including phenoxy) is 1. The molecule has 0 spiro atoms. The van der Waals surface area contributed by atoms with Gasteiger partial charge in [0.15, 0.2) is 0 Å². The second kappa shape index (κ2) is 7.47. The quantitative estimate of drug-likeness (QED) is 0.785. The first-order valence-corrected chi connectivity index (χ1v) is 7.08. The Bertz CT molecular complexity index is 482. The number of carbonyl (C=O) groups excluding carboxylic acids is 1. The molecule has 1 heterocycles. The van der Waals surface area contributed by atoms with E-state index in [0.717, 1.165) is 17.7 Å². The molecule has 2 rings (SSSR count). The number of halogens is 2. The zero-order chi connectivity index (χ0) is 15.2. The monoisotopic (exact) mass is 298 g/mol. The van der Waals surface area contributed by atoms with Crippen molar-refractivity contribution in [1.82, 2.24) is 0 Å². The lowest BCUT2D eigenvalue weighted by atomic mass is 9.98. The molecule has 2 N–H and O–H groups in total. The Morgan fingerprint density at radius 1 is 1.43 bits per heavy atom. The van der Waals surface area contributed by atoms with Crippen molar-refractivity contribution in [3.63, 3.8) is 0 Å². The van der Waals surface area contributed by atoms with Crippen LogP contribution >= 0.6 is 0 Å². The van der Waals surface area contributed by atoms with Crippen molar-refractivity contribution in [2.24, 2.45) is 5.73 Å². The van der Waals surface area contributed by atoms with Gasteiger partial charge < -0.3 is 15.4 Å². The largest absolute Gasteiger partial charge is 0.375 e. The number of para-hydroxylation sites is 1. The summed E-state index contributed by atoms with van der Waals surface area (Å²) < 4.78 is 28.7. The lowest BCUT2D eigenvalue weighted by molar-refractivity contribution is -0.120. The zero-order valence-electron chi connectivity index (χ0n) is 11.8. The highest BCUT2D eigenvalue weighted by atomic mass is 19.3. The molecule has 1 atom stereocenters. The highest BCUT2D eigenvalue weighted by Crippen LogP contribution is 2.37. The summed E-state index contributed by atoms with van der Waals surface area (Å²) >= 11 is 0. The number of amides is 1. The molecule has 116 valence electrons. The van der Waals surface area contributed by atoms with E-state index in [0.29, 0.717) is 13.1 Å². The maximum atomic E-state index is 12.2. The Labute approximate surface area is 122 Å². The molecule has 6 heteroatoms. The molecular weight excluding hydrogens is 278 g/mol. The normalized spacial score (nSPS) is 17.3. The van der Waals surface area contributed by atoms with Crippen molar-refractivity contribution in [3.05, 3.63) is 29.8 Å². The number of rotatable bonds is 7. The van der Waals surface area contributed by atoms with Gasteiger partial charge in [0.05, 0.1) is 13.0 Å². The lowest BCUT2D eigenvalue weighted by Crippen LogP contribution is -2.31. The van der Waals surface area contributed by atoms with Gasteiger partial charge in [-0.15, -0.1) is 0 Å². The fourth-order valence-electron chi connectivity index (χ4n) is 2.65. The number of nitrogens with zero attached hydrogens (tertiary/aromatic N) is 1. The number of fused-ring (bicyclic) bond motifs is 1. The van der Waals surface area contributed by atoms with Crippen LogP contribution in [0.25, 0.3) is 0 Å². The van der Waals surface area contributed by atoms with Crippen LogP contribution in [0.2, 0.25) is 0 Å². The van der Waals surface area contributed by atoms with E-state index in [2.05, 4.69) is 0 Å². The molecule has 1 aliphatic rings. The topological polar surface area (TPSA) is 55.6 Å². The fourth-order valence-corrected chi connectivity index (χ4v) is 2.65. The van der Waals surface area contributed by atoms with Gasteiger partial charge in [-0.2, -0.15) is 0 Å². The van der Waals surface area contributed by atoms with Crippen LogP contribution < -0.4 is 10.6 Å². The van der Waals surface area contributed by atoms with E-state index in [4.69, 9.17) is 10.5 Å². The van der Waals surface area contributed by atoms with Gasteiger partial charge in [0.1, 0.15) is 6.61 Å². The second-order valence-electron chi connectivity index (χ2n) is 5.05. The van der Waals surface area contributed by atoms with E-state index in [1.54, 1.807) is 4.90 Å². The average Bonchev–Trinajstić information content (AvgIpc) is 2.83. The van der Waals surface area contributed by atoms with E-state index in [1.165, 1.54) is 0 Å². The molecule has 0 bridgehead atoms. The minimum absolute atomic E-state index is 0.0173. The van der Waals surface area contributed by atoms with Crippen molar-refractivity contribution >= 4 is 11.6 Å². The van der Waals surface area contributed by atoms with Gasteiger partial charge in [-0.05, 0) is 24.6 Å². The minimum atomic E-state index is -2.50. The Balaban J connectivity index is 1.96. The first-order valence-electron chi connectivity index (χ1n) is 7.08. The molecule has 1 aromatic rings. The van der Waals surface area contributed by atoms with Crippen LogP contribution in [-0.2, 0) is 9.53 Å². The summed E-state index contributed by atoms with van der Waals surface area (Å²) in [6.07, 6.45) is -1.57. The smallest absolute Gasteiger partial charge is 0.261 e. The summed E-state index contributed by atoms with van der Waals surface area (Å²) in [5.74, 6) is 0.147. The second-order valence-corrected chi connectivity index (χ2v) is 5.05. The molecule has 1 unspecified atom stereocenters. The molecule has 1 amide bonds. The van der Waals surface area contributed by atoms with E-state index in [9.17, 15) is 13.6 Å². The molecule has 0 saturated carbocycles. The Morgan fingerprint density at radius 2 is 2.19 bits per heavy atom. The van der Waals surface area contributed by atoms with Gasteiger partial charge in [0.25, 0.3) is 6.43 Å². The third-order valence-corrected chi connectivity index (χ3v) is 3.59. The Hall–Kier alpha value is -1.53. The molecule has 0 aliphatic carbocycles. The Kier molecular flexibility index (Phi) is 5.64. The van der Waals surface area contributed by atoms with Crippen molar-refractivity contribution in [3.8, 4) is 0 Å². The average molecular weight is 298 g/mol. The molecule has 0 radical (unpaired) electrons. The number of benzene rings is 1. The third kappa shape index (κ3) is 3.98. The van der Waals surface area contributed by atoms with Gasteiger partial charge >= 0.3 is 0 Å². The number of carbonyl (C=O) groups is 1. The number of hydrogen-bond acceptors (Lipinski definition) is 3. The predicted octanol–water partition coefficient (Wildman–Crippen LogP) is 2.14. The first kappa shape index (κ1) is 15.9. The molecule has 0 fully saturated rings. The predicted molar refractivity (Wildman–Crippen MR) is 76.6 cm³/mol. The number of nitrogens with two attached hydrogens (primary N) is 1. The number of hydrogen-bond donors (Lipinski definition) is 1. The standard InChI is InChI=1S/C15H20F2N2O2/c16-14(17)10-21-8-6-15(20)19-9-11(5-7-18)12-3-1-2-4-13(12)19/h1-4,11,14H,5-10,18H2. The number of alkyl halides is 2. The summed E-state index contributed by atoms with van der Waals surface area (Å²) in [6.45, 7) is 0.561. The number of anilines is 1. The van der Waals surface area contributed by atoms with Crippen LogP contribution in [0.5, 0.6) is 0 Å². The van der Waals surface area contributed by atoms with Crippen molar-refractivity contribution < 1.29 is 18.3 Å². The highest BCUT2D eigenvalue weighted by Gasteiger charge is 2.31. The summed E-state index contributed by atoms with van der Waals surface area (Å²) in [7, 11) is 0. The van der Waals surface area contributed by atoms with Gasteiger partial charge in [0.2, 0.25) is 5.91 Å². The van der Waals surface area contributed by atoms with E-state index in [1.807, 2.05) is 24.3 Å². The lowest BCUT2D eigenvalue weighted by Gasteiger charge is -2.18. The van der Waals surface area contributed by atoms with E-state index in [-0.39, 0.29) is 24.9 Å². The van der Waals surface area contributed by atoms with Crippen LogP contribution in [0.3, 0.4) is 0 Å². The Morgan fingerprint density at radius 3 is 2.90 bits per heavy atom. The maximum absolute atomic E-state index is 12.2. The summed E-state index contributed by atoms with van der Waals surface area (Å²) in [4.78, 5) is 13.9. The van der Waals surface area contributed by atoms with Crippen LogP contribution in [0.1, 0.15) is 24.3 Å². The van der Waals surface area contributed by atoms with Gasteiger partial charge in [-0.25, -0.2) is 8.78 Å². The van der Waals surface area contributed by atoms with Gasteiger partial charge in [-0.1, -0.05) is 18.2 Å². The third-order valence-electron chi connectivity index (χ3n) is 3.59. The maximum Gasteiger partial charge on any atom is 0.261 e. The van der Waals surface area contributed by atoms with Gasteiger partial charge in [-0.3, -0.25) is 4.79 Å². The minimum Gasteiger partial charge on any atom is -0.375 e. The fraction of sp³-hybridized carbons (Fsp3) is 0.533. The van der Waals surface area contributed by atoms with Crippen molar-refractivity contribution in [1.29, 1.82) is 0 Å². The van der Waals surface area contributed by atoms with Crippen LogP contribution in [0.15, 0.2) is 24.3 Å². The van der Waals surface area contributed by atoms with E-state index >= 15 is 0 Å². The summed E-state index contributed by atoms with van der Waals surface area (Å²) in [5.41, 5.74) is 7.65. The van der Waals surface area contributed by atoms with E-state index < -0.39 is 13.0 Å². The van der Waals surface area contributed by atoms with Gasteiger partial charge in [0, 0.05) is 18.2 Å². The molecule has 1 aliphatic heterocycles. The highest BCUT2D eigenvalue weighted by molar-refractivity contribution is 5.95.